The lowest BCUT2D eigenvalue weighted by Gasteiger charge is -2.42. The molecule has 0 aromatic carbocycles. The van der Waals surface area contributed by atoms with Crippen LogP contribution in [0.4, 0.5) is 0 Å². The van der Waals surface area contributed by atoms with E-state index < -0.39 is 24.8 Å². The van der Waals surface area contributed by atoms with Gasteiger partial charge in [0.15, 0.2) is 0 Å². The molecule has 0 unspecified atom stereocenters. The Balaban J connectivity index is 5.21. The number of carbonyl (C=O) groups excluding carboxylic acids is 1. The zero-order chi connectivity index (χ0) is 25.1. The Labute approximate surface area is 198 Å². The highest BCUT2D eigenvalue weighted by Gasteiger charge is 2.44. The Kier molecular flexibility index (Phi) is 10.5. The third-order valence-electron chi connectivity index (χ3n) is 8.22. The first-order valence-electron chi connectivity index (χ1n) is 12.2. The van der Waals surface area contributed by atoms with Crippen LogP contribution >= 0.6 is 0 Å². The molecule has 0 saturated carbocycles. The van der Waals surface area contributed by atoms with Crippen molar-refractivity contribution in [2.75, 3.05) is 6.54 Å². The predicted octanol–water partition coefficient (Wildman–Crippen LogP) is 7.26. The third-order valence-corrected chi connectivity index (χ3v) is 22.2. The number of unbranched alkanes of at least 4 members (excludes halogenated alkanes) is 1. The Bertz CT molecular complexity index is 583. The standard InChI is InChI=1S/C24H56N2O2Si3/c1-22(2,3)29(10,11)25-19-17-16-18-20(26-30(12,13)23(4,5)6)21(27)28-31(14,15)24(7,8)9/h20,25-26H,16-19H2,1-15H3/t20-/m0/s1. The van der Waals surface area contributed by atoms with Gasteiger partial charge in [-0.2, -0.15) is 0 Å². The summed E-state index contributed by atoms with van der Waals surface area (Å²) in [6, 6.07) is -0.206. The summed E-state index contributed by atoms with van der Waals surface area (Å²) in [5.41, 5.74) is 0. The Morgan fingerprint density at radius 2 is 1.19 bits per heavy atom. The van der Waals surface area contributed by atoms with Crippen LogP contribution in [0.25, 0.3) is 0 Å². The minimum atomic E-state index is -2.13. The van der Waals surface area contributed by atoms with Crippen molar-refractivity contribution in [3.05, 3.63) is 0 Å². The summed E-state index contributed by atoms with van der Waals surface area (Å²) in [5, 5.41) is 0.538. The van der Waals surface area contributed by atoms with E-state index in [1.165, 1.54) is 0 Å². The molecule has 31 heavy (non-hydrogen) atoms. The van der Waals surface area contributed by atoms with Crippen LogP contribution in [0.3, 0.4) is 0 Å². The van der Waals surface area contributed by atoms with E-state index in [9.17, 15) is 4.79 Å². The SMILES string of the molecule is CC(C)(C)[Si](C)(C)NCCCC[C@H](N[Si](C)(C)C(C)(C)C)C(=O)O[Si](C)(C)C(C)(C)C. The number of nitrogens with one attached hydrogen (secondary N) is 2. The van der Waals surface area contributed by atoms with Gasteiger partial charge in [-0.1, -0.05) is 94.9 Å². The van der Waals surface area contributed by atoms with Crippen LogP contribution in [0.1, 0.15) is 81.6 Å². The van der Waals surface area contributed by atoms with Crippen molar-refractivity contribution >= 4 is 30.8 Å². The molecule has 0 fully saturated rings. The van der Waals surface area contributed by atoms with Crippen molar-refractivity contribution in [2.24, 2.45) is 0 Å². The number of rotatable bonds is 10. The van der Waals surface area contributed by atoms with E-state index in [2.05, 4.69) is 112 Å². The van der Waals surface area contributed by atoms with E-state index in [4.69, 9.17) is 4.43 Å². The van der Waals surface area contributed by atoms with Gasteiger partial charge in [-0.05, 0) is 47.6 Å². The molecule has 0 heterocycles. The highest BCUT2D eigenvalue weighted by Crippen LogP contribution is 2.38. The summed E-state index contributed by atoms with van der Waals surface area (Å²) in [4.78, 5) is 21.0. The van der Waals surface area contributed by atoms with Gasteiger partial charge in [0, 0.05) is 0 Å². The minimum Gasteiger partial charge on any atom is -0.518 e. The van der Waals surface area contributed by atoms with Gasteiger partial charge in [0.05, 0.1) is 6.04 Å². The molecular weight excluding hydrogens is 433 g/mol. The van der Waals surface area contributed by atoms with Gasteiger partial charge in [-0.15, -0.1) is 0 Å². The van der Waals surface area contributed by atoms with E-state index >= 15 is 0 Å². The Morgan fingerprint density at radius 1 is 0.742 bits per heavy atom. The van der Waals surface area contributed by atoms with E-state index in [1.807, 2.05) is 0 Å². The molecule has 0 aliphatic heterocycles. The molecule has 0 aromatic rings. The molecule has 0 rings (SSSR count). The van der Waals surface area contributed by atoms with Crippen LogP contribution in [0.5, 0.6) is 0 Å². The van der Waals surface area contributed by atoms with E-state index in [0.717, 1.165) is 25.8 Å². The van der Waals surface area contributed by atoms with Gasteiger partial charge < -0.3 is 14.4 Å². The van der Waals surface area contributed by atoms with Crippen molar-refractivity contribution < 1.29 is 9.22 Å². The van der Waals surface area contributed by atoms with E-state index in [1.54, 1.807) is 0 Å². The number of carbonyl (C=O) groups is 1. The molecule has 0 aliphatic carbocycles. The highest BCUT2D eigenvalue weighted by atomic mass is 28.4. The van der Waals surface area contributed by atoms with Crippen molar-refractivity contribution in [1.82, 2.24) is 9.96 Å². The second kappa shape index (κ2) is 10.5. The molecule has 186 valence electrons. The normalized spacial score (nSPS) is 15.7. The molecule has 7 heteroatoms. The molecule has 1 atom stereocenters. The average molecular weight is 489 g/mol. The first-order chi connectivity index (χ1) is 13.4. The maximum atomic E-state index is 13.3. The molecule has 0 saturated heterocycles. The summed E-state index contributed by atoms with van der Waals surface area (Å²) in [7, 11) is -5.42. The maximum Gasteiger partial charge on any atom is 0.309 e. The maximum absolute atomic E-state index is 13.3. The Morgan fingerprint density at radius 3 is 1.58 bits per heavy atom. The fourth-order valence-corrected chi connectivity index (χ4v) is 6.37. The molecule has 0 aromatic heterocycles. The lowest BCUT2D eigenvalue weighted by Crippen LogP contribution is -2.59. The van der Waals surface area contributed by atoms with Crippen molar-refractivity contribution in [2.45, 2.75) is 142 Å². The Hall–Kier alpha value is 0.0406. The molecule has 4 nitrogen and oxygen atoms in total. The van der Waals surface area contributed by atoms with Gasteiger partial charge in [0.2, 0.25) is 0 Å². The zero-order valence-corrected chi connectivity index (χ0v) is 26.7. The lowest BCUT2D eigenvalue weighted by atomic mass is 10.1. The quantitative estimate of drug-likeness (QED) is 0.251. The highest BCUT2D eigenvalue weighted by molar-refractivity contribution is 6.78. The summed E-state index contributed by atoms with van der Waals surface area (Å²) < 4.78 is 6.23. The molecule has 0 radical (unpaired) electrons. The van der Waals surface area contributed by atoms with Crippen LogP contribution in [0.15, 0.2) is 0 Å². The molecule has 2 N–H and O–H groups in total. The average Bonchev–Trinajstić information content (AvgIpc) is 2.49. The van der Waals surface area contributed by atoms with Crippen LogP contribution in [0, 0.1) is 0 Å². The first kappa shape index (κ1) is 31.0. The van der Waals surface area contributed by atoms with Gasteiger partial charge in [-0.25, -0.2) is 0 Å². The molecule has 0 bridgehead atoms. The minimum absolute atomic E-state index is 0.0251. The smallest absolute Gasteiger partial charge is 0.309 e. The number of hydrogen-bond donors (Lipinski definition) is 2. The van der Waals surface area contributed by atoms with Crippen LogP contribution < -0.4 is 9.96 Å². The third kappa shape index (κ3) is 9.43. The molecule has 0 amide bonds. The fourth-order valence-electron chi connectivity index (χ4n) is 2.52. The largest absolute Gasteiger partial charge is 0.518 e. The zero-order valence-electron chi connectivity index (χ0n) is 23.7. The number of hydrogen-bond acceptors (Lipinski definition) is 4. The van der Waals surface area contributed by atoms with Gasteiger partial charge in [0.1, 0.15) is 16.5 Å². The van der Waals surface area contributed by atoms with Crippen LogP contribution in [-0.4, -0.2) is 43.3 Å². The van der Waals surface area contributed by atoms with Crippen molar-refractivity contribution in [1.29, 1.82) is 0 Å². The summed E-state index contributed by atoms with van der Waals surface area (Å²) >= 11 is 0. The molecular formula is C24H56N2O2Si3. The van der Waals surface area contributed by atoms with Crippen LogP contribution in [-0.2, 0) is 9.22 Å². The lowest BCUT2D eigenvalue weighted by molar-refractivity contribution is -0.137. The topological polar surface area (TPSA) is 50.4 Å². The summed E-state index contributed by atoms with van der Waals surface area (Å²) in [5.74, 6) is -0.0335. The van der Waals surface area contributed by atoms with Crippen LogP contribution in [0.2, 0.25) is 54.4 Å². The summed E-state index contributed by atoms with van der Waals surface area (Å²) in [6.07, 6.45) is 2.97. The summed E-state index contributed by atoms with van der Waals surface area (Å²) in [6.45, 7) is 35.3. The predicted molar refractivity (Wildman–Crippen MR) is 146 cm³/mol. The van der Waals surface area contributed by atoms with Crippen molar-refractivity contribution in [3.63, 3.8) is 0 Å². The second-order valence-electron chi connectivity index (χ2n) is 14.1. The van der Waals surface area contributed by atoms with Crippen molar-refractivity contribution in [3.8, 4) is 0 Å². The first-order valence-corrected chi connectivity index (χ1v) is 21.1. The second-order valence-corrected chi connectivity index (χ2v) is 28.9. The van der Waals surface area contributed by atoms with Gasteiger partial charge in [-0.3, -0.25) is 4.79 Å². The van der Waals surface area contributed by atoms with E-state index in [-0.39, 0.29) is 22.1 Å². The monoisotopic (exact) mass is 488 g/mol. The van der Waals surface area contributed by atoms with Gasteiger partial charge >= 0.3 is 5.97 Å². The molecule has 0 aliphatic rings. The van der Waals surface area contributed by atoms with Gasteiger partial charge in [0.25, 0.3) is 8.32 Å². The van der Waals surface area contributed by atoms with E-state index in [0.29, 0.717) is 5.04 Å². The molecule has 0 spiro atoms. The fraction of sp³-hybridized carbons (Fsp3) is 0.958.